The zero-order chi connectivity index (χ0) is 45.9. The lowest BCUT2D eigenvalue weighted by Crippen LogP contribution is -2.31. The highest BCUT2D eigenvalue weighted by Crippen LogP contribution is 2.51. The van der Waals surface area contributed by atoms with Crippen molar-refractivity contribution in [3.8, 4) is 12.0 Å². The van der Waals surface area contributed by atoms with E-state index in [1.165, 1.54) is 121 Å². The van der Waals surface area contributed by atoms with Crippen LogP contribution in [0.1, 0.15) is 147 Å². The van der Waals surface area contributed by atoms with Crippen LogP contribution in [0.4, 0.5) is 5.82 Å². The maximum Gasteiger partial charge on any atom is 0.530 e. The third-order valence-corrected chi connectivity index (χ3v) is 12.3. The summed E-state index contributed by atoms with van der Waals surface area (Å²) >= 11 is 6.43. The van der Waals surface area contributed by atoms with Gasteiger partial charge in [-0.2, -0.15) is 10.4 Å². The molecule has 0 saturated heterocycles. The average molecular weight is 929 g/mol. The Morgan fingerprint density at radius 3 is 2.02 bits per heavy atom. The maximum absolute atomic E-state index is 14.6. The molecule has 354 valence electrons. The number of fused-ring (bicyclic) bond motifs is 1. The summed E-state index contributed by atoms with van der Waals surface area (Å²) in [5.41, 5.74) is 8.02. The number of nitrogen functional groups attached to an aromatic ring is 1. The van der Waals surface area contributed by atoms with Gasteiger partial charge >= 0.3 is 7.82 Å². The quantitative estimate of drug-likeness (QED) is 0.0190. The summed E-state index contributed by atoms with van der Waals surface area (Å²) in [5.74, 6) is -1.31. The number of aliphatic hydroxyl groups is 1. The highest BCUT2D eigenvalue weighted by molar-refractivity contribution is 7.48. The molecule has 2 aromatic carbocycles. The lowest BCUT2D eigenvalue weighted by atomic mass is 10.0. The highest BCUT2D eigenvalue weighted by Gasteiger charge is 2.35. The molecule has 0 aliphatic rings. The number of nitriles is 1. The van der Waals surface area contributed by atoms with E-state index >= 15 is 0 Å². The Balaban J connectivity index is 1.33. The number of benzene rings is 2. The van der Waals surface area contributed by atoms with Gasteiger partial charge < -0.3 is 34.3 Å². The van der Waals surface area contributed by atoms with Crippen molar-refractivity contribution in [3.05, 3.63) is 89.3 Å². The Bertz CT molecular complexity index is 1960. The number of nitrogens with zero attached hydrogens (tertiary/aromatic N) is 4. The number of unbranched alkanes of at least 4 members (excludes halogenated alkanes) is 15. The van der Waals surface area contributed by atoms with Crippen molar-refractivity contribution in [2.45, 2.75) is 161 Å². The normalized spacial score (nSPS) is 14.2. The van der Waals surface area contributed by atoms with Gasteiger partial charge in [-0.1, -0.05) is 157 Å². The van der Waals surface area contributed by atoms with Crippen LogP contribution in [0, 0.1) is 11.5 Å². The Kier molecular flexibility index (Phi) is 24.5. The van der Waals surface area contributed by atoms with Crippen LogP contribution in [0.2, 0.25) is 5.02 Å². The molecule has 0 amide bonds. The molecule has 0 fully saturated rings. The first kappa shape index (κ1) is 52.9. The molecule has 0 aliphatic heterocycles. The molecule has 16 heteroatoms. The zero-order valence-corrected chi connectivity index (χ0v) is 39.8. The molecule has 0 aliphatic carbocycles. The third kappa shape index (κ3) is 20.6. The van der Waals surface area contributed by atoms with Gasteiger partial charge in [-0.3, -0.25) is 9.05 Å². The Hall–Kier alpha value is -3.77. The first-order valence-corrected chi connectivity index (χ1v) is 24.9. The van der Waals surface area contributed by atoms with Crippen molar-refractivity contribution in [2.24, 2.45) is 0 Å². The Labute approximate surface area is 385 Å². The van der Waals surface area contributed by atoms with Crippen molar-refractivity contribution in [3.63, 3.8) is 0 Å². The fourth-order valence-corrected chi connectivity index (χ4v) is 8.74. The molecule has 0 radical (unpaired) electrons. The minimum atomic E-state index is -4.51. The molecular formula is C48H71ClN5O9P. The van der Waals surface area contributed by atoms with E-state index in [1.54, 1.807) is 36.6 Å². The molecule has 0 bridgehead atoms. The van der Waals surface area contributed by atoms with Crippen molar-refractivity contribution in [1.29, 1.82) is 5.26 Å². The fourth-order valence-electron chi connectivity index (χ4n) is 7.24. The molecule has 0 spiro atoms. The van der Waals surface area contributed by atoms with Crippen LogP contribution < -0.4 is 10.3 Å². The highest BCUT2D eigenvalue weighted by atomic mass is 35.5. The van der Waals surface area contributed by atoms with Crippen LogP contribution in [0.15, 0.2) is 73.1 Å². The molecule has 4 rings (SSSR count). The predicted molar refractivity (Wildman–Crippen MR) is 250 cm³/mol. The van der Waals surface area contributed by atoms with Gasteiger partial charge in [0.15, 0.2) is 11.6 Å². The summed E-state index contributed by atoms with van der Waals surface area (Å²) in [6.07, 6.45) is 20.9. The van der Waals surface area contributed by atoms with Crippen molar-refractivity contribution >= 4 is 30.8 Å². The SMILES string of the molecule is CCCCCCCCCCCCCCCCCCOC[C@H](COP(=O)(OC[C@H](C[C@@H](OC(C)(C)O)c1ccc2c(N)ncnn12)OC#N)Oc1ccccc1Cl)OCc1ccccc1. The monoisotopic (exact) mass is 927 g/mol. The van der Waals surface area contributed by atoms with Gasteiger partial charge in [-0.15, -0.1) is 0 Å². The number of phosphoric ester groups is 1. The van der Waals surface area contributed by atoms with E-state index in [4.69, 9.17) is 49.9 Å². The Morgan fingerprint density at radius 1 is 0.812 bits per heavy atom. The second kappa shape index (κ2) is 29.7. The second-order valence-electron chi connectivity index (χ2n) is 16.7. The van der Waals surface area contributed by atoms with E-state index < -0.39 is 38.5 Å². The number of rotatable bonds is 36. The number of halogens is 1. The summed E-state index contributed by atoms with van der Waals surface area (Å²) in [6, 6.07) is 19.6. The van der Waals surface area contributed by atoms with Crippen molar-refractivity contribution < 1.29 is 42.2 Å². The van der Waals surface area contributed by atoms with E-state index in [-0.39, 0.29) is 42.8 Å². The van der Waals surface area contributed by atoms with E-state index in [1.807, 2.05) is 30.3 Å². The molecule has 64 heavy (non-hydrogen) atoms. The number of anilines is 1. The first-order valence-electron chi connectivity index (χ1n) is 23.1. The van der Waals surface area contributed by atoms with Gasteiger partial charge in [-0.25, -0.2) is 14.1 Å². The molecule has 4 atom stereocenters. The summed E-state index contributed by atoms with van der Waals surface area (Å²) < 4.78 is 57.6. The molecule has 1 unspecified atom stereocenters. The third-order valence-electron chi connectivity index (χ3n) is 10.6. The topological polar surface area (TPSA) is 182 Å². The summed E-state index contributed by atoms with van der Waals surface area (Å²) in [7, 11) is -4.51. The Morgan fingerprint density at radius 2 is 1.41 bits per heavy atom. The smallest absolute Gasteiger partial charge is 0.422 e. The van der Waals surface area contributed by atoms with Crippen LogP contribution in [-0.2, 0) is 39.2 Å². The first-order chi connectivity index (χ1) is 31.0. The number of hydrogen-bond acceptors (Lipinski definition) is 13. The van der Waals surface area contributed by atoms with E-state index in [0.29, 0.717) is 17.8 Å². The predicted octanol–water partition coefficient (Wildman–Crippen LogP) is 12.1. The van der Waals surface area contributed by atoms with Gasteiger partial charge in [0, 0.05) is 13.0 Å². The zero-order valence-electron chi connectivity index (χ0n) is 38.1. The van der Waals surface area contributed by atoms with E-state index in [2.05, 4.69) is 17.0 Å². The molecule has 2 aromatic heterocycles. The molecule has 2 heterocycles. The minimum absolute atomic E-state index is 0.0598. The van der Waals surface area contributed by atoms with Crippen LogP contribution >= 0.6 is 19.4 Å². The summed E-state index contributed by atoms with van der Waals surface area (Å²) in [5, 5.41) is 24.8. The van der Waals surface area contributed by atoms with Crippen molar-refractivity contribution in [2.75, 3.05) is 32.2 Å². The largest absolute Gasteiger partial charge is 0.530 e. The van der Waals surface area contributed by atoms with Gasteiger partial charge in [-0.05, 0) is 50.1 Å². The number of para-hydroxylation sites is 1. The maximum atomic E-state index is 14.6. The second-order valence-corrected chi connectivity index (χ2v) is 18.7. The lowest BCUT2D eigenvalue weighted by molar-refractivity contribution is -0.214. The number of hydrogen-bond donors (Lipinski definition) is 2. The standard InChI is InChI=1S/C48H71ClN5O9P/c1-4-5-6-7-8-9-10-11-12-13-14-15-16-17-18-24-31-57-34-41(58-33-39-25-20-19-21-26-39)36-61-64(56,63-45-28-23-22-27-42(45)49)60-35-40(59-37-50)32-46(62-48(2,3)55)43-29-30-44-47(51)52-38-53-54(43)44/h19-23,25-30,38,40-41,46,55H,4-18,24,31-36H2,1-3H3,(H2,51,52,53)/t40-,41+,46+,64?/m0/s1. The van der Waals surface area contributed by atoms with Crippen LogP contribution in [0.5, 0.6) is 5.75 Å². The van der Waals surface area contributed by atoms with Crippen molar-refractivity contribution in [1.82, 2.24) is 14.6 Å². The molecular weight excluding hydrogens is 857 g/mol. The van der Waals surface area contributed by atoms with Gasteiger partial charge in [0.1, 0.15) is 35.9 Å². The molecule has 4 aromatic rings. The van der Waals surface area contributed by atoms with Crippen LogP contribution in [0.25, 0.3) is 5.52 Å². The molecule has 3 N–H and O–H groups in total. The van der Waals surface area contributed by atoms with E-state index in [0.717, 1.165) is 18.4 Å². The van der Waals surface area contributed by atoms with Gasteiger partial charge in [0.2, 0.25) is 0 Å². The van der Waals surface area contributed by atoms with Crippen LogP contribution in [-0.4, -0.2) is 64.1 Å². The summed E-state index contributed by atoms with van der Waals surface area (Å²) in [6.45, 7) is 5.51. The van der Waals surface area contributed by atoms with Gasteiger partial charge in [0.25, 0.3) is 6.26 Å². The number of ether oxygens (including phenoxy) is 4. The fraction of sp³-hybridized carbons (Fsp3) is 0.604. The van der Waals surface area contributed by atoms with Crippen LogP contribution in [0.3, 0.4) is 0 Å². The summed E-state index contributed by atoms with van der Waals surface area (Å²) in [4.78, 5) is 4.04. The van der Waals surface area contributed by atoms with E-state index in [9.17, 15) is 14.9 Å². The molecule has 14 nitrogen and oxygen atoms in total. The average Bonchev–Trinajstić information content (AvgIpc) is 3.72. The number of aromatic nitrogens is 3. The number of nitrogens with two attached hydrogens (primary N) is 1. The van der Waals surface area contributed by atoms with Gasteiger partial charge in [0.05, 0.1) is 37.1 Å². The molecule has 0 saturated carbocycles. The lowest BCUT2D eigenvalue weighted by Gasteiger charge is -2.29. The number of phosphoric acid groups is 1. The minimum Gasteiger partial charge on any atom is -0.422 e.